The van der Waals surface area contributed by atoms with Crippen molar-refractivity contribution in [3.8, 4) is 0 Å². The van der Waals surface area contributed by atoms with Crippen LogP contribution >= 0.6 is 0 Å². The minimum Gasteiger partial charge on any atom is -0.393 e. The summed E-state index contributed by atoms with van der Waals surface area (Å²) in [4.78, 5) is 0. The maximum atomic E-state index is 11.2. The fourth-order valence-electron chi connectivity index (χ4n) is 10.4. The lowest BCUT2D eigenvalue weighted by Crippen LogP contribution is -2.59. The lowest BCUT2D eigenvalue weighted by molar-refractivity contribution is -0.316. The zero-order valence-corrected chi connectivity index (χ0v) is 20.4. The molecule has 6 aliphatic rings. The summed E-state index contributed by atoms with van der Waals surface area (Å²) >= 11 is 0. The molecule has 4 aliphatic carbocycles. The maximum Gasteiger partial charge on any atom is 0.197 e. The predicted molar refractivity (Wildman–Crippen MR) is 121 cm³/mol. The minimum absolute atomic E-state index is 0.146. The van der Waals surface area contributed by atoms with Gasteiger partial charge in [-0.3, -0.25) is 0 Å². The first-order chi connectivity index (χ1) is 15.1. The second-order valence-corrected chi connectivity index (χ2v) is 13.4. The first-order valence-corrected chi connectivity index (χ1v) is 13.5. The van der Waals surface area contributed by atoms with Crippen molar-refractivity contribution in [2.24, 2.45) is 52.3 Å². The van der Waals surface area contributed by atoms with Gasteiger partial charge in [0.25, 0.3) is 0 Å². The normalized spacial score (nSPS) is 64.0. The average Bonchev–Trinajstić information content (AvgIpc) is 3.18. The van der Waals surface area contributed by atoms with Crippen LogP contribution in [0.4, 0.5) is 0 Å². The molecule has 6 rings (SSSR count). The Labute approximate surface area is 193 Å². The van der Waals surface area contributed by atoms with Gasteiger partial charge in [-0.1, -0.05) is 27.7 Å². The van der Waals surface area contributed by atoms with Crippen molar-refractivity contribution in [1.29, 1.82) is 0 Å². The van der Waals surface area contributed by atoms with Crippen molar-refractivity contribution < 1.29 is 24.8 Å². The van der Waals surface area contributed by atoms with Crippen LogP contribution in [0.1, 0.15) is 79.1 Å². The highest BCUT2D eigenvalue weighted by Crippen LogP contribution is 2.71. The number of hydrogen-bond donors (Lipinski definition) is 3. The lowest BCUT2D eigenvalue weighted by Gasteiger charge is -2.62. The summed E-state index contributed by atoms with van der Waals surface area (Å²) in [5.41, 5.74) is 0.324. The van der Waals surface area contributed by atoms with Crippen LogP contribution in [0.2, 0.25) is 0 Å². The van der Waals surface area contributed by atoms with E-state index in [-0.39, 0.29) is 41.0 Å². The molecule has 14 atom stereocenters. The molecular weight excluding hydrogens is 404 g/mol. The Morgan fingerprint density at radius 3 is 2.31 bits per heavy atom. The molecule has 5 heteroatoms. The highest BCUT2D eigenvalue weighted by molar-refractivity contribution is 5.17. The first kappa shape index (κ1) is 22.3. The molecule has 0 aromatic heterocycles. The number of ether oxygens (including phenoxy) is 2. The molecule has 3 N–H and O–H groups in total. The topological polar surface area (TPSA) is 79.2 Å². The van der Waals surface area contributed by atoms with E-state index < -0.39 is 11.9 Å². The van der Waals surface area contributed by atoms with Gasteiger partial charge in [0.1, 0.15) is 6.10 Å². The van der Waals surface area contributed by atoms with Gasteiger partial charge in [0.05, 0.1) is 24.9 Å². The van der Waals surface area contributed by atoms with E-state index in [1.807, 2.05) is 0 Å². The third-order valence-corrected chi connectivity index (χ3v) is 11.9. The van der Waals surface area contributed by atoms with Crippen molar-refractivity contribution >= 4 is 0 Å². The monoisotopic (exact) mass is 448 g/mol. The molecule has 0 amide bonds. The Hall–Kier alpha value is -0.200. The van der Waals surface area contributed by atoms with Crippen molar-refractivity contribution in [2.45, 2.75) is 109 Å². The SMILES string of the molecule is C[C@H]1CO[C@@]2(O[C@H]3C[C@@H]4[C@@H]5C[C@H](O)[C@H]6C[C@@H](O)CC[C@]6(C)[C@H]5CC[C@]4(C)[C@H]3[C@@H]2C)[C@@H](O)C1. The third kappa shape index (κ3) is 2.75. The van der Waals surface area contributed by atoms with E-state index in [2.05, 4.69) is 27.7 Å². The molecule has 2 heterocycles. The van der Waals surface area contributed by atoms with Crippen molar-refractivity contribution in [3.05, 3.63) is 0 Å². The Kier molecular flexibility index (Phi) is 4.99. The summed E-state index contributed by atoms with van der Waals surface area (Å²) < 4.78 is 13.0. The number of hydrogen-bond acceptors (Lipinski definition) is 5. The molecule has 2 aliphatic heterocycles. The Bertz CT molecular complexity index is 758. The molecule has 0 aromatic carbocycles. The number of rotatable bonds is 0. The van der Waals surface area contributed by atoms with Crippen LogP contribution < -0.4 is 0 Å². The lowest BCUT2D eigenvalue weighted by atomic mass is 9.43. The molecule has 5 nitrogen and oxygen atoms in total. The summed E-state index contributed by atoms with van der Waals surface area (Å²) in [7, 11) is 0. The van der Waals surface area contributed by atoms with Crippen LogP contribution in [-0.4, -0.2) is 52.1 Å². The van der Waals surface area contributed by atoms with Crippen LogP contribution in [0.15, 0.2) is 0 Å². The largest absolute Gasteiger partial charge is 0.393 e. The van der Waals surface area contributed by atoms with Crippen LogP contribution in [0.3, 0.4) is 0 Å². The van der Waals surface area contributed by atoms with E-state index in [1.165, 1.54) is 12.8 Å². The molecule has 0 bridgehead atoms. The second kappa shape index (κ2) is 7.16. The van der Waals surface area contributed by atoms with Gasteiger partial charge in [-0.2, -0.15) is 0 Å². The standard InChI is InChI=1S/C27H44O5/c1-14-9-23(30)27(31-13-14)15(2)24-22(32-27)12-19-17-11-21(29)20-10-16(28)5-7-25(20,3)18(17)6-8-26(19,24)4/h14-24,28-30H,5-13H2,1-4H3/t14-,15+,16+,17-,18+,19-,20-,21+,22+,23+,24+,25-,26+,27+/m1/s1. The molecule has 2 saturated heterocycles. The van der Waals surface area contributed by atoms with Gasteiger partial charge in [0.2, 0.25) is 0 Å². The molecule has 0 unspecified atom stereocenters. The third-order valence-electron chi connectivity index (χ3n) is 11.9. The van der Waals surface area contributed by atoms with E-state index in [1.54, 1.807) is 0 Å². The smallest absolute Gasteiger partial charge is 0.197 e. The zero-order chi connectivity index (χ0) is 22.6. The van der Waals surface area contributed by atoms with Gasteiger partial charge >= 0.3 is 0 Å². The van der Waals surface area contributed by atoms with Crippen LogP contribution in [0.5, 0.6) is 0 Å². The van der Waals surface area contributed by atoms with E-state index in [0.717, 1.165) is 38.5 Å². The Balaban J connectivity index is 1.29. The van der Waals surface area contributed by atoms with Crippen molar-refractivity contribution in [1.82, 2.24) is 0 Å². The van der Waals surface area contributed by atoms with Crippen LogP contribution in [-0.2, 0) is 9.47 Å². The van der Waals surface area contributed by atoms with Crippen LogP contribution in [0, 0.1) is 52.3 Å². The number of fused-ring (bicyclic) bond motifs is 7. The number of aliphatic hydroxyl groups is 3. The second-order valence-electron chi connectivity index (χ2n) is 13.4. The summed E-state index contributed by atoms with van der Waals surface area (Å²) in [6.45, 7) is 9.98. The highest BCUT2D eigenvalue weighted by atomic mass is 16.7. The van der Waals surface area contributed by atoms with Crippen molar-refractivity contribution in [3.63, 3.8) is 0 Å². The maximum absolute atomic E-state index is 11.2. The van der Waals surface area contributed by atoms with Crippen molar-refractivity contribution in [2.75, 3.05) is 6.61 Å². The van der Waals surface area contributed by atoms with Gasteiger partial charge in [-0.05, 0) is 97.7 Å². The number of aliphatic hydroxyl groups excluding tert-OH is 3. The Morgan fingerprint density at radius 1 is 0.812 bits per heavy atom. The average molecular weight is 449 g/mol. The minimum atomic E-state index is -0.824. The molecule has 32 heavy (non-hydrogen) atoms. The summed E-state index contributed by atoms with van der Waals surface area (Å²) in [6.07, 6.45) is 6.86. The zero-order valence-electron chi connectivity index (χ0n) is 20.4. The quantitative estimate of drug-likeness (QED) is 0.526. The van der Waals surface area contributed by atoms with Gasteiger partial charge in [0.15, 0.2) is 5.79 Å². The summed E-state index contributed by atoms with van der Waals surface area (Å²) in [5.74, 6) is 2.12. The van der Waals surface area contributed by atoms with E-state index in [0.29, 0.717) is 36.2 Å². The van der Waals surface area contributed by atoms with Gasteiger partial charge in [0, 0.05) is 5.92 Å². The van der Waals surface area contributed by atoms with E-state index in [4.69, 9.17) is 9.47 Å². The molecule has 0 aromatic rings. The Morgan fingerprint density at radius 2 is 1.56 bits per heavy atom. The molecule has 1 spiro atoms. The molecule has 182 valence electrons. The highest BCUT2D eigenvalue weighted by Gasteiger charge is 2.71. The summed E-state index contributed by atoms with van der Waals surface area (Å²) in [6, 6.07) is 0. The van der Waals surface area contributed by atoms with E-state index >= 15 is 0 Å². The fraction of sp³-hybridized carbons (Fsp3) is 1.00. The van der Waals surface area contributed by atoms with Gasteiger partial charge < -0.3 is 24.8 Å². The molecular formula is C27H44O5. The molecule has 6 fully saturated rings. The first-order valence-electron chi connectivity index (χ1n) is 13.5. The predicted octanol–water partition coefficient (Wildman–Crippen LogP) is 3.74. The van der Waals surface area contributed by atoms with E-state index in [9.17, 15) is 15.3 Å². The summed E-state index contributed by atoms with van der Waals surface area (Å²) in [5, 5.41) is 32.6. The van der Waals surface area contributed by atoms with Gasteiger partial charge in [-0.25, -0.2) is 0 Å². The molecule has 4 saturated carbocycles. The van der Waals surface area contributed by atoms with Crippen LogP contribution in [0.25, 0.3) is 0 Å². The fourth-order valence-corrected chi connectivity index (χ4v) is 10.4. The van der Waals surface area contributed by atoms with Gasteiger partial charge in [-0.15, -0.1) is 0 Å². The molecule has 0 radical (unpaired) electrons.